The van der Waals surface area contributed by atoms with Crippen LogP contribution >= 0.6 is 0 Å². The van der Waals surface area contributed by atoms with Crippen LogP contribution in [0.25, 0.3) is 6.08 Å². The van der Waals surface area contributed by atoms with Crippen LogP contribution in [0.5, 0.6) is 0 Å². The molecule has 0 fully saturated rings. The van der Waals surface area contributed by atoms with Crippen LogP contribution in [0.4, 0.5) is 5.69 Å². The van der Waals surface area contributed by atoms with Crippen LogP contribution in [0.1, 0.15) is 18.9 Å². The average molecular weight is 243 g/mol. The third-order valence-corrected chi connectivity index (χ3v) is 2.95. The molecule has 4 nitrogen and oxygen atoms in total. The quantitative estimate of drug-likeness (QED) is 0.855. The molecule has 94 valence electrons. The predicted molar refractivity (Wildman–Crippen MR) is 74.4 cm³/mol. The lowest BCUT2D eigenvalue weighted by atomic mass is 9.99. The molecule has 0 radical (unpaired) electrons. The molecule has 4 heteroatoms. The van der Waals surface area contributed by atoms with Crippen molar-refractivity contribution in [1.82, 2.24) is 5.43 Å². The fraction of sp³-hybridized carbons (Fsp3) is 0.286. The SMILES string of the molecule is CNc1ccc(C=CC2=NNC(=O)CC2C)cc1. The molecule has 1 heterocycles. The maximum absolute atomic E-state index is 11.1. The third-order valence-electron chi connectivity index (χ3n) is 2.95. The summed E-state index contributed by atoms with van der Waals surface area (Å²) in [5.41, 5.74) is 5.61. The lowest BCUT2D eigenvalue weighted by Crippen LogP contribution is -2.30. The highest BCUT2D eigenvalue weighted by Gasteiger charge is 2.17. The van der Waals surface area contributed by atoms with Crippen molar-refractivity contribution in [2.75, 3.05) is 12.4 Å². The van der Waals surface area contributed by atoms with E-state index in [1.54, 1.807) is 0 Å². The highest BCUT2D eigenvalue weighted by Crippen LogP contribution is 2.13. The summed E-state index contributed by atoms with van der Waals surface area (Å²) in [4.78, 5) is 11.1. The molecule has 0 spiro atoms. The second-order valence-electron chi connectivity index (χ2n) is 4.38. The van der Waals surface area contributed by atoms with Gasteiger partial charge in [0, 0.05) is 25.1 Å². The van der Waals surface area contributed by atoms with Gasteiger partial charge in [-0.25, -0.2) is 5.43 Å². The van der Waals surface area contributed by atoms with E-state index < -0.39 is 0 Å². The van der Waals surface area contributed by atoms with Crippen molar-refractivity contribution in [2.45, 2.75) is 13.3 Å². The normalized spacial score (nSPS) is 19.6. The molecule has 2 rings (SSSR count). The van der Waals surface area contributed by atoms with Crippen molar-refractivity contribution >= 4 is 23.4 Å². The van der Waals surface area contributed by atoms with Gasteiger partial charge in [-0.3, -0.25) is 4.79 Å². The van der Waals surface area contributed by atoms with Crippen molar-refractivity contribution < 1.29 is 4.79 Å². The monoisotopic (exact) mass is 243 g/mol. The highest BCUT2D eigenvalue weighted by molar-refractivity contribution is 6.03. The molecule has 0 aliphatic carbocycles. The Labute approximate surface area is 107 Å². The van der Waals surface area contributed by atoms with Crippen molar-refractivity contribution in [1.29, 1.82) is 0 Å². The summed E-state index contributed by atoms with van der Waals surface area (Å²) >= 11 is 0. The summed E-state index contributed by atoms with van der Waals surface area (Å²) < 4.78 is 0. The fourth-order valence-electron chi connectivity index (χ4n) is 1.81. The van der Waals surface area contributed by atoms with Crippen LogP contribution in [-0.4, -0.2) is 18.7 Å². The van der Waals surface area contributed by atoms with Gasteiger partial charge in [-0.15, -0.1) is 0 Å². The minimum absolute atomic E-state index is 0.0157. The Morgan fingerprint density at radius 2 is 2.06 bits per heavy atom. The van der Waals surface area contributed by atoms with E-state index in [1.807, 2.05) is 50.4 Å². The highest BCUT2D eigenvalue weighted by atomic mass is 16.2. The molecule has 0 bridgehead atoms. The van der Waals surface area contributed by atoms with E-state index in [2.05, 4.69) is 15.8 Å². The number of nitrogens with zero attached hydrogens (tertiary/aromatic N) is 1. The van der Waals surface area contributed by atoms with Crippen molar-refractivity contribution in [3.05, 3.63) is 35.9 Å². The molecule has 0 aromatic heterocycles. The first kappa shape index (κ1) is 12.4. The van der Waals surface area contributed by atoms with E-state index in [0.717, 1.165) is 17.0 Å². The minimum Gasteiger partial charge on any atom is -0.388 e. The van der Waals surface area contributed by atoms with E-state index in [4.69, 9.17) is 0 Å². The van der Waals surface area contributed by atoms with Crippen LogP contribution in [0.3, 0.4) is 0 Å². The number of hydrogen-bond donors (Lipinski definition) is 2. The van der Waals surface area contributed by atoms with Gasteiger partial charge >= 0.3 is 0 Å². The van der Waals surface area contributed by atoms with E-state index >= 15 is 0 Å². The van der Waals surface area contributed by atoms with Gasteiger partial charge in [-0.1, -0.05) is 25.1 Å². The zero-order valence-corrected chi connectivity index (χ0v) is 10.6. The standard InChI is InChI=1S/C14H17N3O/c1-10-9-14(18)17-16-13(10)8-5-11-3-6-12(15-2)7-4-11/h3-8,10,15H,9H2,1-2H3,(H,17,18). The molecule has 1 aliphatic heterocycles. The van der Waals surface area contributed by atoms with Gasteiger partial charge in [-0.2, -0.15) is 5.10 Å². The van der Waals surface area contributed by atoms with Crippen LogP contribution in [0.15, 0.2) is 35.4 Å². The van der Waals surface area contributed by atoms with Crippen molar-refractivity contribution in [3.8, 4) is 0 Å². The summed E-state index contributed by atoms with van der Waals surface area (Å²) in [6.07, 6.45) is 4.46. The van der Waals surface area contributed by atoms with Gasteiger partial charge in [0.05, 0.1) is 5.71 Å². The topological polar surface area (TPSA) is 53.5 Å². The molecule has 1 unspecified atom stereocenters. The van der Waals surface area contributed by atoms with Crippen LogP contribution in [0.2, 0.25) is 0 Å². The fourth-order valence-corrected chi connectivity index (χ4v) is 1.81. The first-order chi connectivity index (χ1) is 8.69. The van der Waals surface area contributed by atoms with E-state index in [-0.39, 0.29) is 11.8 Å². The largest absolute Gasteiger partial charge is 0.388 e. The lowest BCUT2D eigenvalue weighted by molar-refractivity contribution is -0.121. The van der Waals surface area contributed by atoms with E-state index in [9.17, 15) is 4.79 Å². The first-order valence-electron chi connectivity index (χ1n) is 6.01. The molecule has 1 aromatic carbocycles. The molecule has 1 atom stereocenters. The number of carbonyl (C=O) groups excluding carboxylic acids is 1. The van der Waals surface area contributed by atoms with E-state index in [1.165, 1.54) is 0 Å². The van der Waals surface area contributed by atoms with Gasteiger partial charge in [-0.05, 0) is 23.8 Å². The number of hydrazone groups is 1. The number of amides is 1. The minimum atomic E-state index is -0.0157. The zero-order chi connectivity index (χ0) is 13.0. The van der Waals surface area contributed by atoms with Crippen LogP contribution < -0.4 is 10.7 Å². The Morgan fingerprint density at radius 3 is 2.67 bits per heavy atom. The number of carbonyl (C=O) groups is 1. The molecule has 1 aromatic rings. The molecule has 1 aliphatic rings. The molecule has 2 N–H and O–H groups in total. The average Bonchev–Trinajstić information content (AvgIpc) is 2.38. The number of hydrogen-bond acceptors (Lipinski definition) is 3. The lowest BCUT2D eigenvalue weighted by Gasteiger charge is -2.16. The van der Waals surface area contributed by atoms with Gasteiger partial charge < -0.3 is 5.32 Å². The molecule has 18 heavy (non-hydrogen) atoms. The number of nitrogens with one attached hydrogen (secondary N) is 2. The second-order valence-corrected chi connectivity index (χ2v) is 4.38. The Morgan fingerprint density at radius 1 is 1.33 bits per heavy atom. The van der Waals surface area contributed by atoms with Crippen LogP contribution in [0, 0.1) is 5.92 Å². The second kappa shape index (κ2) is 5.49. The number of allylic oxidation sites excluding steroid dienone is 1. The maximum Gasteiger partial charge on any atom is 0.240 e. The summed E-state index contributed by atoms with van der Waals surface area (Å²) in [7, 11) is 1.89. The first-order valence-corrected chi connectivity index (χ1v) is 6.01. The van der Waals surface area contributed by atoms with Gasteiger partial charge in [0.1, 0.15) is 0 Å². The molecule has 1 amide bonds. The molecular weight excluding hydrogens is 226 g/mol. The third kappa shape index (κ3) is 2.97. The molecule has 0 saturated carbocycles. The van der Waals surface area contributed by atoms with Crippen molar-refractivity contribution in [2.24, 2.45) is 11.0 Å². The molecular formula is C14H17N3O. The summed E-state index contributed by atoms with van der Waals surface area (Å²) in [6, 6.07) is 8.12. The Balaban J connectivity index is 2.08. The Bertz CT molecular complexity index is 488. The Kier molecular flexibility index (Phi) is 3.77. The number of anilines is 1. The Hall–Kier alpha value is -2.10. The molecule has 0 saturated heterocycles. The predicted octanol–water partition coefficient (Wildman–Crippen LogP) is 2.25. The summed E-state index contributed by atoms with van der Waals surface area (Å²) in [5.74, 6) is 0.157. The van der Waals surface area contributed by atoms with Gasteiger partial charge in [0.25, 0.3) is 0 Å². The zero-order valence-electron chi connectivity index (χ0n) is 10.6. The number of rotatable bonds is 3. The summed E-state index contributed by atoms with van der Waals surface area (Å²) in [6.45, 7) is 2.01. The smallest absolute Gasteiger partial charge is 0.240 e. The van der Waals surface area contributed by atoms with Crippen molar-refractivity contribution in [3.63, 3.8) is 0 Å². The number of benzene rings is 1. The maximum atomic E-state index is 11.1. The van der Waals surface area contributed by atoms with E-state index in [0.29, 0.717) is 6.42 Å². The summed E-state index contributed by atoms with van der Waals surface area (Å²) in [5, 5.41) is 7.13. The van der Waals surface area contributed by atoms with Gasteiger partial charge in [0.2, 0.25) is 5.91 Å². The van der Waals surface area contributed by atoms with Crippen LogP contribution in [-0.2, 0) is 4.79 Å². The van der Waals surface area contributed by atoms with Gasteiger partial charge in [0.15, 0.2) is 0 Å².